The molecule has 4 unspecified atom stereocenters. The summed E-state index contributed by atoms with van der Waals surface area (Å²) >= 11 is 0. The van der Waals surface area contributed by atoms with Gasteiger partial charge < -0.3 is 31.3 Å². The van der Waals surface area contributed by atoms with Crippen molar-refractivity contribution in [1.29, 1.82) is 0 Å². The normalized spacial score (nSPS) is 34.4. The van der Waals surface area contributed by atoms with Gasteiger partial charge in [-0.1, -0.05) is 12.1 Å². The molecule has 5 atom stereocenters. The third kappa shape index (κ3) is 2.48. The second kappa shape index (κ2) is 6.64. The van der Waals surface area contributed by atoms with Crippen LogP contribution < -0.4 is 5.73 Å². The highest BCUT2D eigenvalue weighted by Crippen LogP contribution is 2.57. The summed E-state index contributed by atoms with van der Waals surface area (Å²) in [6.45, 7) is 1.40. The van der Waals surface area contributed by atoms with E-state index < -0.39 is 75.0 Å². The summed E-state index contributed by atoms with van der Waals surface area (Å²) in [7, 11) is 3.01. The molecular formula is C22H24N2O8. The van der Waals surface area contributed by atoms with Crippen LogP contribution in [0.5, 0.6) is 5.75 Å². The van der Waals surface area contributed by atoms with Gasteiger partial charge in [-0.3, -0.25) is 19.3 Å². The number of phenolic OH excluding ortho intramolecular Hbond substituents is 1. The number of primary amides is 1. The first-order chi connectivity index (χ1) is 14.8. The molecule has 1 fully saturated rings. The molecule has 1 aromatic rings. The minimum atomic E-state index is -2.75. The zero-order chi connectivity index (χ0) is 23.9. The Labute approximate surface area is 182 Å². The highest BCUT2D eigenvalue weighted by atomic mass is 16.3. The Hall–Kier alpha value is -3.21. The Morgan fingerprint density at radius 2 is 1.78 bits per heavy atom. The molecule has 0 heterocycles. The molecule has 0 radical (unpaired) electrons. The second-order valence-corrected chi connectivity index (χ2v) is 8.96. The lowest BCUT2D eigenvalue weighted by Crippen LogP contribution is -2.67. The summed E-state index contributed by atoms with van der Waals surface area (Å²) in [5, 5.41) is 54.9. The van der Waals surface area contributed by atoms with Gasteiger partial charge in [0.25, 0.3) is 5.91 Å². The van der Waals surface area contributed by atoms with Gasteiger partial charge >= 0.3 is 0 Å². The Balaban J connectivity index is 2.05. The van der Waals surface area contributed by atoms with Gasteiger partial charge in [-0.15, -0.1) is 0 Å². The quantitative estimate of drug-likeness (QED) is 0.332. The molecular weight excluding hydrogens is 420 g/mol. The van der Waals surface area contributed by atoms with Gasteiger partial charge in [-0.2, -0.15) is 0 Å². The van der Waals surface area contributed by atoms with Gasteiger partial charge in [0.2, 0.25) is 5.78 Å². The number of hydrogen-bond acceptors (Lipinski definition) is 9. The van der Waals surface area contributed by atoms with Crippen LogP contribution in [0.15, 0.2) is 35.1 Å². The molecule has 1 saturated carbocycles. The summed E-state index contributed by atoms with van der Waals surface area (Å²) in [4.78, 5) is 40.0. The van der Waals surface area contributed by atoms with Crippen molar-refractivity contribution in [3.8, 4) is 5.75 Å². The number of ketones is 2. The molecule has 32 heavy (non-hydrogen) atoms. The molecule has 1 amide bonds. The molecule has 10 heteroatoms. The maximum atomic E-state index is 13.7. The Morgan fingerprint density at radius 1 is 1.16 bits per heavy atom. The number of phenols is 1. The van der Waals surface area contributed by atoms with E-state index in [9.17, 15) is 39.9 Å². The van der Waals surface area contributed by atoms with E-state index in [-0.39, 0.29) is 17.5 Å². The molecule has 3 aliphatic rings. The van der Waals surface area contributed by atoms with E-state index in [1.54, 1.807) is 0 Å². The lowest BCUT2D eigenvalue weighted by molar-refractivity contribution is -0.159. The van der Waals surface area contributed by atoms with Crippen molar-refractivity contribution in [3.63, 3.8) is 0 Å². The number of Topliss-reactive ketones (excluding diaryl/α,β-unsaturated/α-hetero) is 2. The van der Waals surface area contributed by atoms with E-state index in [0.29, 0.717) is 0 Å². The third-order valence-electron chi connectivity index (χ3n) is 7.02. The van der Waals surface area contributed by atoms with E-state index >= 15 is 0 Å². The molecule has 7 N–H and O–H groups in total. The predicted octanol–water partition coefficient (Wildman–Crippen LogP) is -0.371. The van der Waals surface area contributed by atoms with Crippen LogP contribution in [0.3, 0.4) is 0 Å². The van der Waals surface area contributed by atoms with Gasteiger partial charge in [-0.25, -0.2) is 0 Å². The zero-order valence-electron chi connectivity index (χ0n) is 17.7. The fourth-order valence-corrected chi connectivity index (χ4v) is 5.50. The number of nitrogens with zero attached hydrogens (tertiary/aromatic N) is 1. The SMILES string of the molecule is CN(C)C1C(=O)C(C(N)=O)=C(O)C2(O)C(=O)C3=C(O)c4c(O)cccc4[C@@](C)(O)C3CC12. The fourth-order valence-electron chi connectivity index (χ4n) is 5.50. The highest BCUT2D eigenvalue weighted by Gasteiger charge is 2.66. The summed E-state index contributed by atoms with van der Waals surface area (Å²) < 4.78 is 0. The monoisotopic (exact) mass is 444 g/mol. The number of likely N-dealkylation sites (N-methyl/N-ethyl adjacent to an activating group) is 1. The standard InChI is InChI=1S/C22H24N2O8/c1-21(31)8-5-4-6-11(25)12(8)16(26)13-9(21)7-10-15(24(2)3)17(27)14(20(23)30)19(29)22(10,32)18(13)28/h4-6,9-10,15,25-26,29,31-32H,7H2,1-3H3,(H2,23,30)/t9?,10?,15?,21-,22?/m1/s1. The van der Waals surface area contributed by atoms with E-state index in [1.807, 2.05) is 0 Å². The topological polar surface area (TPSA) is 182 Å². The Kier molecular flexibility index (Phi) is 4.57. The van der Waals surface area contributed by atoms with Gasteiger partial charge in [0, 0.05) is 17.4 Å². The smallest absolute Gasteiger partial charge is 0.255 e. The van der Waals surface area contributed by atoms with Crippen LogP contribution in [0.2, 0.25) is 0 Å². The molecule has 10 nitrogen and oxygen atoms in total. The first-order valence-electron chi connectivity index (χ1n) is 9.97. The lowest BCUT2D eigenvalue weighted by Gasteiger charge is -2.53. The van der Waals surface area contributed by atoms with Crippen molar-refractivity contribution in [1.82, 2.24) is 4.90 Å². The molecule has 0 saturated heterocycles. The maximum absolute atomic E-state index is 13.7. The maximum Gasteiger partial charge on any atom is 0.255 e. The van der Waals surface area contributed by atoms with Crippen molar-refractivity contribution in [2.45, 2.75) is 30.6 Å². The van der Waals surface area contributed by atoms with Crippen LogP contribution in [0.4, 0.5) is 0 Å². The van der Waals surface area contributed by atoms with Crippen LogP contribution in [0, 0.1) is 11.8 Å². The number of carbonyl (C=O) groups excluding carboxylic acids is 3. The van der Waals surface area contributed by atoms with Crippen molar-refractivity contribution < 1.29 is 39.9 Å². The van der Waals surface area contributed by atoms with E-state index in [0.717, 1.165) is 0 Å². The van der Waals surface area contributed by atoms with Crippen LogP contribution in [0.1, 0.15) is 24.5 Å². The molecule has 0 bridgehead atoms. The Morgan fingerprint density at radius 3 is 2.34 bits per heavy atom. The number of fused-ring (bicyclic) bond motifs is 3. The molecule has 0 spiro atoms. The predicted molar refractivity (Wildman–Crippen MR) is 110 cm³/mol. The van der Waals surface area contributed by atoms with Crippen molar-refractivity contribution in [2.75, 3.05) is 14.1 Å². The summed E-state index contributed by atoms with van der Waals surface area (Å²) in [6, 6.07) is 3.02. The number of aromatic hydroxyl groups is 1. The van der Waals surface area contributed by atoms with Crippen LogP contribution in [-0.4, -0.2) is 73.6 Å². The number of benzene rings is 1. The fraction of sp³-hybridized carbons (Fsp3) is 0.409. The number of aliphatic hydroxyl groups excluding tert-OH is 2. The Bertz CT molecular complexity index is 1150. The van der Waals surface area contributed by atoms with E-state index in [4.69, 9.17) is 5.73 Å². The zero-order valence-corrected chi connectivity index (χ0v) is 17.7. The lowest BCUT2D eigenvalue weighted by atomic mass is 9.54. The number of aliphatic hydroxyl groups is 4. The second-order valence-electron chi connectivity index (χ2n) is 8.96. The number of rotatable bonds is 2. The number of amides is 1. The average Bonchev–Trinajstić information content (AvgIpc) is 2.68. The summed E-state index contributed by atoms with van der Waals surface area (Å²) in [6.07, 6.45) is -0.200. The first kappa shape index (κ1) is 22.0. The van der Waals surface area contributed by atoms with Crippen molar-refractivity contribution in [3.05, 3.63) is 46.2 Å². The number of hydrogen-bond donors (Lipinski definition) is 6. The van der Waals surface area contributed by atoms with E-state index in [1.165, 1.54) is 44.1 Å². The molecule has 1 aromatic carbocycles. The summed E-state index contributed by atoms with van der Waals surface area (Å²) in [5.41, 5.74) is -0.548. The molecule has 3 aliphatic carbocycles. The van der Waals surface area contributed by atoms with Crippen molar-refractivity contribution >= 4 is 23.2 Å². The summed E-state index contributed by atoms with van der Waals surface area (Å²) in [5.74, 6) is -7.90. The molecule has 0 aliphatic heterocycles. The van der Waals surface area contributed by atoms with Crippen LogP contribution in [-0.2, 0) is 20.0 Å². The minimum absolute atomic E-state index is 0.170. The molecule has 0 aromatic heterocycles. The first-order valence-corrected chi connectivity index (χ1v) is 9.97. The van der Waals surface area contributed by atoms with E-state index in [2.05, 4.69) is 0 Å². The molecule has 170 valence electrons. The number of carbonyl (C=O) groups is 3. The largest absolute Gasteiger partial charge is 0.508 e. The third-order valence-corrected chi connectivity index (χ3v) is 7.02. The average molecular weight is 444 g/mol. The van der Waals surface area contributed by atoms with Gasteiger partial charge in [-0.05, 0) is 39.1 Å². The van der Waals surface area contributed by atoms with Crippen LogP contribution >= 0.6 is 0 Å². The highest BCUT2D eigenvalue weighted by molar-refractivity contribution is 6.24. The van der Waals surface area contributed by atoms with Crippen molar-refractivity contribution in [2.24, 2.45) is 17.6 Å². The number of nitrogens with two attached hydrogens (primary N) is 1. The minimum Gasteiger partial charge on any atom is -0.508 e. The van der Waals surface area contributed by atoms with Gasteiger partial charge in [0.05, 0.1) is 17.2 Å². The molecule has 4 rings (SSSR count). The van der Waals surface area contributed by atoms with Crippen LogP contribution in [0.25, 0.3) is 5.76 Å². The van der Waals surface area contributed by atoms with Gasteiger partial charge in [0.15, 0.2) is 11.4 Å². The van der Waals surface area contributed by atoms with Gasteiger partial charge in [0.1, 0.15) is 22.8 Å².